The first-order valence-corrected chi connectivity index (χ1v) is 6.47. The molecule has 0 amide bonds. The molecule has 1 aliphatic carbocycles. The summed E-state index contributed by atoms with van der Waals surface area (Å²) in [6, 6.07) is 2.12. The number of aromatic nitrogens is 1. The van der Waals surface area contributed by atoms with Gasteiger partial charge in [0.25, 0.3) is 0 Å². The van der Waals surface area contributed by atoms with Crippen molar-refractivity contribution in [2.24, 2.45) is 5.73 Å². The Morgan fingerprint density at radius 1 is 1.33 bits per heavy atom. The summed E-state index contributed by atoms with van der Waals surface area (Å²) in [6.45, 7) is 0.665. The maximum Gasteiger partial charge on any atom is 0.389 e. The lowest BCUT2D eigenvalue weighted by Crippen LogP contribution is -2.18. The summed E-state index contributed by atoms with van der Waals surface area (Å²) in [4.78, 5) is 0. The van der Waals surface area contributed by atoms with Crippen LogP contribution in [0.4, 0.5) is 13.2 Å². The van der Waals surface area contributed by atoms with Gasteiger partial charge in [0.05, 0.1) is 0 Å². The van der Waals surface area contributed by atoms with Gasteiger partial charge in [-0.05, 0) is 43.7 Å². The molecule has 1 atom stereocenters. The van der Waals surface area contributed by atoms with Crippen molar-refractivity contribution in [3.05, 3.63) is 23.5 Å². The monoisotopic (exact) mass is 260 g/mol. The molecular weight excluding hydrogens is 241 g/mol. The van der Waals surface area contributed by atoms with Crippen molar-refractivity contribution in [1.29, 1.82) is 0 Å². The van der Waals surface area contributed by atoms with Gasteiger partial charge in [-0.2, -0.15) is 13.2 Å². The lowest BCUT2D eigenvalue weighted by Gasteiger charge is -2.21. The van der Waals surface area contributed by atoms with Crippen LogP contribution in [-0.4, -0.2) is 10.7 Å². The molecule has 0 aromatic carbocycles. The van der Waals surface area contributed by atoms with Gasteiger partial charge in [-0.1, -0.05) is 0 Å². The van der Waals surface area contributed by atoms with Crippen molar-refractivity contribution in [2.75, 3.05) is 0 Å². The number of halogens is 3. The van der Waals surface area contributed by atoms with E-state index in [1.807, 2.05) is 12.3 Å². The van der Waals surface area contributed by atoms with Gasteiger partial charge in [-0.15, -0.1) is 0 Å². The summed E-state index contributed by atoms with van der Waals surface area (Å²) in [7, 11) is 0. The van der Waals surface area contributed by atoms with Gasteiger partial charge < -0.3 is 10.3 Å². The highest BCUT2D eigenvalue weighted by Crippen LogP contribution is 2.29. The number of nitrogens with two attached hydrogens (primary N) is 1. The van der Waals surface area contributed by atoms with Gasteiger partial charge in [-0.25, -0.2) is 0 Å². The summed E-state index contributed by atoms with van der Waals surface area (Å²) in [5.74, 6) is 0. The quantitative estimate of drug-likeness (QED) is 0.824. The molecule has 2 N–H and O–H groups in total. The van der Waals surface area contributed by atoms with Gasteiger partial charge in [0.2, 0.25) is 0 Å². The van der Waals surface area contributed by atoms with E-state index in [-0.39, 0.29) is 12.5 Å². The van der Waals surface area contributed by atoms with E-state index in [0.717, 1.165) is 19.3 Å². The molecule has 1 heterocycles. The lowest BCUT2D eigenvalue weighted by atomic mass is 9.93. The molecule has 1 unspecified atom stereocenters. The van der Waals surface area contributed by atoms with Crippen LogP contribution in [-0.2, 0) is 13.0 Å². The fourth-order valence-corrected chi connectivity index (χ4v) is 2.61. The van der Waals surface area contributed by atoms with Gasteiger partial charge in [0.15, 0.2) is 0 Å². The molecule has 0 spiro atoms. The van der Waals surface area contributed by atoms with Crippen molar-refractivity contribution in [3.8, 4) is 0 Å². The van der Waals surface area contributed by atoms with E-state index in [9.17, 15) is 13.2 Å². The Labute approximate surface area is 105 Å². The van der Waals surface area contributed by atoms with Crippen molar-refractivity contribution in [1.82, 2.24) is 4.57 Å². The zero-order valence-corrected chi connectivity index (χ0v) is 10.3. The number of aryl methyl sites for hydroxylation is 1. The van der Waals surface area contributed by atoms with Crippen LogP contribution in [0.1, 0.15) is 49.4 Å². The second-order valence-corrected chi connectivity index (χ2v) is 4.98. The molecule has 0 bridgehead atoms. The number of unbranched alkanes of at least 4 members (excludes halogenated alkanes) is 1. The Morgan fingerprint density at radius 2 is 2.11 bits per heavy atom. The van der Waals surface area contributed by atoms with E-state index in [0.29, 0.717) is 13.0 Å². The Hall–Kier alpha value is -0.970. The average molecular weight is 260 g/mol. The maximum atomic E-state index is 12.0. The second kappa shape index (κ2) is 5.34. The molecule has 5 heteroatoms. The maximum absolute atomic E-state index is 12.0. The van der Waals surface area contributed by atoms with Crippen LogP contribution in [0.2, 0.25) is 0 Å². The molecule has 0 saturated carbocycles. The lowest BCUT2D eigenvalue weighted by molar-refractivity contribution is -0.135. The van der Waals surface area contributed by atoms with Crippen LogP contribution in [0.25, 0.3) is 0 Å². The summed E-state index contributed by atoms with van der Waals surface area (Å²) in [5, 5.41) is 0. The van der Waals surface area contributed by atoms with Crippen LogP contribution in [0.3, 0.4) is 0 Å². The number of nitrogens with zero attached hydrogens (tertiary/aromatic N) is 1. The van der Waals surface area contributed by atoms with Gasteiger partial charge in [0.1, 0.15) is 0 Å². The summed E-state index contributed by atoms with van der Waals surface area (Å²) < 4.78 is 38.1. The molecule has 102 valence electrons. The minimum atomic E-state index is -4.03. The molecule has 2 rings (SSSR count). The van der Waals surface area contributed by atoms with E-state index in [1.54, 1.807) is 0 Å². The Bertz CT molecular complexity index is 395. The van der Waals surface area contributed by atoms with Crippen molar-refractivity contribution in [3.63, 3.8) is 0 Å². The molecule has 2 nitrogen and oxygen atoms in total. The third kappa shape index (κ3) is 3.28. The Morgan fingerprint density at radius 3 is 2.83 bits per heavy atom. The van der Waals surface area contributed by atoms with Gasteiger partial charge in [0, 0.05) is 30.9 Å². The van der Waals surface area contributed by atoms with E-state index in [1.165, 1.54) is 11.3 Å². The highest BCUT2D eigenvalue weighted by atomic mass is 19.4. The van der Waals surface area contributed by atoms with Crippen LogP contribution in [0.5, 0.6) is 0 Å². The standard InChI is InChI=1S/C13H19F3N2/c14-13(15,16)7-1-2-8-18-9-6-10-11(17)4-3-5-12(10)18/h6,9,11H,1-5,7-8,17H2. The molecule has 0 saturated heterocycles. The minimum Gasteiger partial charge on any atom is -0.351 e. The molecule has 18 heavy (non-hydrogen) atoms. The summed E-state index contributed by atoms with van der Waals surface area (Å²) >= 11 is 0. The number of fused-ring (bicyclic) bond motifs is 1. The number of hydrogen-bond acceptors (Lipinski definition) is 1. The van der Waals surface area contributed by atoms with Crippen molar-refractivity contribution in [2.45, 2.75) is 57.3 Å². The molecule has 1 aromatic heterocycles. The molecule has 1 aromatic rings. The van der Waals surface area contributed by atoms with Gasteiger partial charge >= 0.3 is 6.18 Å². The predicted octanol–water partition coefficient (Wildman–Crippen LogP) is 3.56. The minimum absolute atomic E-state index is 0.102. The average Bonchev–Trinajstić information content (AvgIpc) is 2.68. The van der Waals surface area contributed by atoms with E-state index in [2.05, 4.69) is 4.57 Å². The zero-order chi connectivity index (χ0) is 13.2. The third-order valence-corrected chi connectivity index (χ3v) is 3.55. The number of rotatable bonds is 4. The van der Waals surface area contributed by atoms with E-state index >= 15 is 0 Å². The Kier molecular flexibility index (Phi) is 4.00. The van der Waals surface area contributed by atoms with Crippen LogP contribution in [0.15, 0.2) is 12.3 Å². The first-order chi connectivity index (χ1) is 8.47. The van der Waals surface area contributed by atoms with Crippen LogP contribution in [0, 0.1) is 0 Å². The molecule has 0 radical (unpaired) electrons. The van der Waals surface area contributed by atoms with Crippen LogP contribution >= 0.6 is 0 Å². The largest absolute Gasteiger partial charge is 0.389 e. The van der Waals surface area contributed by atoms with Gasteiger partial charge in [-0.3, -0.25) is 0 Å². The summed E-state index contributed by atoms with van der Waals surface area (Å²) in [6.07, 6.45) is 1.08. The molecular formula is C13H19F3N2. The van der Waals surface area contributed by atoms with E-state index < -0.39 is 12.6 Å². The number of hydrogen-bond donors (Lipinski definition) is 1. The molecule has 0 aliphatic heterocycles. The normalized spacial score (nSPS) is 19.9. The fourth-order valence-electron chi connectivity index (χ4n) is 2.61. The summed E-state index contributed by atoms with van der Waals surface area (Å²) in [5.41, 5.74) is 8.41. The van der Waals surface area contributed by atoms with Crippen LogP contribution < -0.4 is 5.73 Å². The van der Waals surface area contributed by atoms with Crippen molar-refractivity contribution < 1.29 is 13.2 Å². The van der Waals surface area contributed by atoms with E-state index in [4.69, 9.17) is 5.73 Å². The topological polar surface area (TPSA) is 30.9 Å². The highest BCUT2D eigenvalue weighted by molar-refractivity contribution is 5.28. The molecule has 1 aliphatic rings. The number of alkyl halides is 3. The zero-order valence-electron chi connectivity index (χ0n) is 10.3. The first-order valence-electron chi connectivity index (χ1n) is 6.47. The van der Waals surface area contributed by atoms with Crippen molar-refractivity contribution >= 4 is 0 Å². The fraction of sp³-hybridized carbons (Fsp3) is 0.692. The predicted molar refractivity (Wildman–Crippen MR) is 64.2 cm³/mol. The first kappa shape index (κ1) is 13.5. The molecule has 0 fully saturated rings. The Balaban J connectivity index is 1.87. The second-order valence-electron chi connectivity index (χ2n) is 4.98. The third-order valence-electron chi connectivity index (χ3n) is 3.55. The SMILES string of the molecule is NC1CCCc2c1ccn2CCCCC(F)(F)F. The highest BCUT2D eigenvalue weighted by Gasteiger charge is 2.26. The smallest absolute Gasteiger partial charge is 0.351 e.